The van der Waals surface area contributed by atoms with Gasteiger partial charge in [0.1, 0.15) is 11.6 Å². The van der Waals surface area contributed by atoms with Crippen molar-refractivity contribution < 1.29 is 4.74 Å². The molecule has 21 heavy (non-hydrogen) atoms. The number of nitrogens with zero attached hydrogens (tertiary/aromatic N) is 2. The predicted molar refractivity (Wildman–Crippen MR) is 86.0 cm³/mol. The van der Waals surface area contributed by atoms with Crippen molar-refractivity contribution in [1.29, 1.82) is 0 Å². The second kappa shape index (κ2) is 5.26. The molecule has 0 radical (unpaired) electrons. The van der Waals surface area contributed by atoms with Crippen LogP contribution < -0.4 is 10.5 Å². The molecule has 0 spiro atoms. The van der Waals surface area contributed by atoms with E-state index < -0.39 is 0 Å². The summed E-state index contributed by atoms with van der Waals surface area (Å²) in [5.74, 6) is 1.34. The number of benzene rings is 1. The van der Waals surface area contributed by atoms with Crippen molar-refractivity contribution >= 4 is 17.4 Å². The van der Waals surface area contributed by atoms with Crippen LogP contribution in [0.1, 0.15) is 29.5 Å². The molecule has 2 N–H and O–H groups in total. The molecule has 1 aliphatic carbocycles. The SMILES string of the molecule is COc1c(Cl)c2c(c(C)c1-c1cc(N)n(C)n1)CCCC2. The normalized spacial score (nSPS) is 14.1. The number of halogens is 1. The van der Waals surface area contributed by atoms with Crippen molar-refractivity contribution in [3.8, 4) is 17.0 Å². The first-order chi connectivity index (χ1) is 10.0. The van der Waals surface area contributed by atoms with E-state index >= 15 is 0 Å². The van der Waals surface area contributed by atoms with Crippen LogP contribution in [0.3, 0.4) is 0 Å². The Kier molecular flexibility index (Phi) is 3.57. The molecule has 0 amide bonds. The second-order valence-corrected chi connectivity index (χ2v) is 5.97. The van der Waals surface area contributed by atoms with Gasteiger partial charge in [0.15, 0.2) is 0 Å². The molecule has 0 saturated heterocycles. The molecule has 4 nitrogen and oxygen atoms in total. The van der Waals surface area contributed by atoms with Gasteiger partial charge in [-0.05, 0) is 49.3 Å². The van der Waals surface area contributed by atoms with Crippen LogP contribution in [0.2, 0.25) is 5.02 Å². The highest BCUT2D eigenvalue weighted by Gasteiger charge is 2.25. The minimum absolute atomic E-state index is 0.625. The number of nitrogens with two attached hydrogens (primary N) is 1. The number of aryl methyl sites for hydroxylation is 1. The summed E-state index contributed by atoms with van der Waals surface area (Å²) in [5, 5.41) is 5.23. The number of ether oxygens (including phenoxy) is 1. The molecule has 0 aliphatic heterocycles. The number of nitrogen functional groups attached to an aromatic ring is 1. The molecular weight excluding hydrogens is 286 g/mol. The van der Waals surface area contributed by atoms with E-state index in [-0.39, 0.29) is 0 Å². The Bertz CT molecular complexity index is 687. The first kappa shape index (κ1) is 14.3. The highest BCUT2D eigenvalue weighted by atomic mass is 35.5. The lowest BCUT2D eigenvalue weighted by Gasteiger charge is -2.24. The Hall–Kier alpha value is -1.68. The summed E-state index contributed by atoms with van der Waals surface area (Å²) >= 11 is 6.61. The van der Waals surface area contributed by atoms with E-state index in [1.54, 1.807) is 11.8 Å². The summed E-state index contributed by atoms with van der Waals surface area (Å²) < 4.78 is 7.27. The van der Waals surface area contributed by atoms with E-state index in [2.05, 4.69) is 12.0 Å². The lowest BCUT2D eigenvalue weighted by molar-refractivity contribution is 0.415. The molecular formula is C16H20ClN3O. The van der Waals surface area contributed by atoms with Gasteiger partial charge in [-0.25, -0.2) is 0 Å². The molecule has 1 aliphatic rings. The largest absolute Gasteiger partial charge is 0.494 e. The lowest BCUT2D eigenvalue weighted by atomic mass is 9.85. The summed E-state index contributed by atoms with van der Waals surface area (Å²) in [6, 6.07) is 1.87. The maximum absolute atomic E-state index is 6.61. The molecule has 0 unspecified atom stereocenters. The minimum atomic E-state index is 0.625. The minimum Gasteiger partial charge on any atom is -0.494 e. The number of methoxy groups -OCH3 is 1. The average molecular weight is 306 g/mol. The van der Waals surface area contributed by atoms with Crippen molar-refractivity contribution in [3.63, 3.8) is 0 Å². The van der Waals surface area contributed by atoms with Gasteiger partial charge >= 0.3 is 0 Å². The van der Waals surface area contributed by atoms with Crippen molar-refractivity contribution in [2.24, 2.45) is 7.05 Å². The number of hydrogen-bond acceptors (Lipinski definition) is 3. The van der Waals surface area contributed by atoms with Crippen molar-refractivity contribution in [3.05, 3.63) is 27.8 Å². The fourth-order valence-corrected chi connectivity index (χ4v) is 3.61. The van der Waals surface area contributed by atoms with Gasteiger partial charge in [0.2, 0.25) is 0 Å². The topological polar surface area (TPSA) is 53.1 Å². The van der Waals surface area contributed by atoms with Crippen LogP contribution in [0.4, 0.5) is 5.82 Å². The molecule has 0 saturated carbocycles. The van der Waals surface area contributed by atoms with Crippen molar-refractivity contribution in [1.82, 2.24) is 9.78 Å². The third kappa shape index (κ3) is 2.18. The average Bonchev–Trinajstić information content (AvgIpc) is 2.81. The smallest absolute Gasteiger partial charge is 0.147 e. The molecule has 1 aromatic heterocycles. The van der Waals surface area contributed by atoms with E-state index in [0.29, 0.717) is 11.6 Å². The van der Waals surface area contributed by atoms with Crippen LogP contribution in [0, 0.1) is 6.92 Å². The third-order valence-electron chi connectivity index (χ3n) is 4.36. The predicted octanol–water partition coefficient (Wildman–Crippen LogP) is 3.52. The van der Waals surface area contributed by atoms with Crippen LogP contribution in [0.25, 0.3) is 11.3 Å². The van der Waals surface area contributed by atoms with Gasteiger partial charge < -0.3 is 10.5 Å². The number of hydrogen-bond donors (Lipinski definition) is 1. The van der Waals surface area contributed by atoms with Gasteiger partial charge in [0.05, 0.1) is 17.8 Å². The summed E-state index contributed by atoms with van der Waals surface area (Å²) in [5.41, 5.74) is 11.5. The van der Waals surface area contributed by atoms with Gasteiger partial charge in [-0.15, -0.1) is 0 Å². The highest BCUT2D eigenvalue weighted by molar-refractivity contribution is 6.33. The Balaban J connectivity index is 2.31. The Labute approximate surface area is 129 Å². The quantitative estimate of drug-likeness (QED) is 0.923. The zero-order chi connectivity index (χ0) is 15.1. The van der Waals surface area contributed by atoms with Crippen LogP contribution in [0.5, 0.6) is 5.75 Å². The van der Waals surface area contributed by atoms with Crippen LogP contribution in [-0.4, -0.2) is 16.9 Å². The molecule has 0 atom stereocenters. The Morgan fingerprint density at radius 1 is 1.29 bits per heavy atom. The molecule has 1 aromatic carbocycles. The number of aromatic nitrogens is 2. The standard InChI is InChI=1S/C16H20ClN3O/c1-9-10-6-4-5-7-11(10)15(17)16(21-3)14(9)12-8-13(18)20(2)19-12/h8H,4-7,18H2,1-3H3. The third-order valence-corrected chi connectivity index (χ3v) is 4.76. The van der Waals surface area contributed by atoms with Gasteiger partial charge in [-0.1, -0.05) is 11.6 Å². The molecule has 112 valence electrons. The monoisotopic (exact) mass is 305 g/mol. The van der Waals surface area contributed by atoms with E-state index in [1.165, 1.54) is 29.5 Å². The lowest BCUT2D eigenvalue weighted by Crippen LogP contribution is -2.09. The van der Waals surface area contributed by atoms with Crippen LogP contribution in [0.15, 0.2) is 6.07 Å². The zero-order valence-corrected chi connectivity index (χ0v) is 13.4. The Morgan fingerprint density at radius 2 is 1.95 bits per heavy atom. The fourth-order valence-electron chi connectivity index (χ4n) is 3.23. The summed E-state index contributed by atoms with van der Waals surface area (Å²) in [4.78, 5) is 0. The number of rotatable bonds is 2. The van der Waals surface area contributed by atoms with Gasteiger partial charge in [0, 0.05) is 18.7 Å². The maximum atomic E-state index is 6.61. The first-order valence-corrected chi connectivity index (χ1v) is 7.60. The van der Waals surface area contributed by atoms with E-state index in [0.717, 1.165) is 29.1 Å². The molecule has 5 heteroatoms. The van der Waals surface area contributed by atoms with Gasteiger partial charge in [-0.3, -0.25) is 4.68 Å². The highest BCUT2D eigenvalue weighted by Crippen LogP contribution is 2.45. The summed E-state index contributed by atoms with van der Waals surface area (Å²) in [7, 11) is 3.49. The van der Waals surface area contributed by atoms with Crippen molar-refractivity contribution in [2.75, 3.05) is 12.8 Å². The van der Waals surface area contributed by atoms with Crippen molar-refractivity contribution in [2.45, 2.75) is 32.6 Å². The molecule has 3 rings (SSSR count). The van der Waals surface area contributed by atoms with E-state index in [4.69, 9.17) is 22.1 Å². The molecule has 0 fully saturated rings. The number of fused-ring (bicyclic) bond motifs is 1. The first-order valence-electron chi connectivity index (χ1n) is 7.22. The van der Waals surface area contributed by atoms with Gasteiger partial charge in [-0.2, -0.15) is 5.10 Å². The van der Waals surface area contributed by atoms with E-state index in [1.807, 2.05) is 13.1 Å². The Morgan fingerprint density at radius 3 is 2.52 bits per heavy atom. The second-order valence-electron chi connectivity index (χ2n) is 5.59. The van der Waals surface area contributed by atoms with Crippen LogP contribution >= 0.6 is 11.6 Å². The molecule has 2 aromatic rings. The fraction of sp³-hybridized carbons (Fsp3) is 0.438. The maximum Gasteiger partial charge on any atom is 0.147 e. The van der Waals surface area contributed by atoms with Gasteiger partial charge in [0.25, 0.3) is 0 Å². The number of anilines is 1. The zero-order valence-electron chi connectivity index (χ0n) is 12.7. The summed E-state index contributed by atoms with van der Waals surface area (Å²) in [6.45, 7) is 2.13. The molecule has 1 heterocycles. The summed E-state index contributed by atoms with van der Waals surface area (Å²) in [6.07, 6.45) is 4.49. The molecule has 0 bridgehead atoms. The van der Waals surface area contributed by atoms with E-state index in [9.17, 15) is 0 Å². The van der Waals surface area contributed by atoms with Crippen LogP contribution in [-0.2, 0) is 19.9 Å².